The van der Waals surface area contributed by atoms with E-state index < -0.39 is 0 Å². The van der Waals surface area contributed by atoms with Gasteiger partial charge < -0.3 is 9.64 Å². The Kier molecular flexibility index (Phi) is 10.4. The summed E-state index contributed by atoms with van der Waals surface area (Å²) in [7, 11) is 0. The van der Waals surface area contributed by atoms with Crippen molar-refractivity contribution in [3.63, 3.8) is 0 Å². The van der Waals surface area contributed by atoms with Gasteiger partial charge in [-0.3, -0.25) is 0 Å². The largest absolute Gasteiger partial charge is 0.378 e. The first-order valence-corrected chi connectivity index (χ1v) is 7.18. The van der Waals surface area contributed by atoms with Crippen molar-refractivity contribution < 1.29 is 4.74 Å². The number of hydrogen-bond acceptors (Lipinski definition) is 3. The van der Waals surface area contributed by atoms with Gasteiger partial charge in [-0.25, -0.2) is 4.98 Å². The minimum absolute atomic E-state index is 0.817. The van der Waals surface area contributed by atoms with Crippen molar-refractivity contribution in [1.82, 2.24) is 4.98 Å². The first kappa shape index (κ1) is 16.9. The zero-order valence-electron chi connectivity index (χ0n) is 12.6. The van der Waals surface area contributed by atoms with Gasteiger partial charge in [0.05, 0.1) is 13.2 Å². The summed E-state index contributed by atoms with van der Waals surface area (Å²) < 4.78 is 5.31. The molecule has 2 heterocycles. The van der Waals surface area contributed by atoms with Crippen LogP contribution >= 0.6 is 0 Å². The SMILES string of the molecule is CC.CC.CCc1ccnc(N2CCOCC2)c1. The van der Waals surface area contributed by atoms with Crippen LogP contribution in [0.5, 0.6) is 0 Å². The third kappa shape index (κ3) is 5.50. The zero-order valence-corrected chi connectivity index (χ0v) is 12.6. The van der Waals surface area contributed by atoms with Crippen LogP contribution in [0.15, 0.2) is 18.3 Å². The Balaban J connectivity index is 0.000000659. The molecule has 18 heavy (non-hydrogen) atoms. The third-order valence-electron chi connectivity index (χ3n) is 2.55. The molecule has 3 heteroatoms. The zero-order chi connectivity index (χ0) is 13.8. The van der Waals surface area contributed by atoms with Crippen molar-refractivity contribution in [3.05, 3.63) is 23.9 Å². The molecule has 104 valence electrons. The third-order valence-corrected chi connectivity index (χ3v) is 2.55. The quantitative estimate of drug-likeness (QED) is 0.805. The lowest BCUT2D eigenvalue weighted by Crippen LogP contribution is -2.36. The van der Waals surface area contributed by atoms with Gasteiger partial charge in [0.1, 0.15) is 5.82 Å². The number of nitrogens with zero attached hydrogens (tertiary/aromatic N) is 2. The van der Waals surface area contributed by atoms with Crippen LogP contribution in [0.1, 0.15) is 40.2 Å². The maximum atomic E-state index is 5.31. The lowest BCUT2D eigenvalue weighted by Gasteiger charge is -2.27. The highest BCUT2D eigenvalue weighted by molar-refractivity contribution is 5.41. The summed E-state index contributed by atoms with van der Waals surface area (Å²) in [5.74, 6) is 1.09. The standard InChI is InChI=1S/C11H16N2O.2C2H6/c1-2-10-3-4-12-11(9-10)13-5-7-14-8-6-13;2*1-2/h3-4,9H,2,5-8H2,1H3;2*1-2H3. The number of aryl methyl sites for hydroxylation is 1. The highest BCUT2D eigenvalue weighted by Gasteiger charge is 2.11. The number of morpholine rings is 1. The molecule has 1 fully saturated rings. The molecule has 0 aromatic carbocycles. The molecule has 0 radical (unpaired) electrons. The van der Waals surface area contributed by atoms with Gasteiger partial charge in [-0.05, 0) is 24.1 Å². The fourth-order valence-electron chi connectivity index (χ4n) is 1.65. The second kappa shape index (κ2) is 11.0. The molecule has 0 amide bonds. The van der Waals surface area contributed by atoms with Gasteiger partial charge in [-0.2, -0.15) is 0 Å². The fraction of sp³-hybridized carbons (Fsp3) is 0.667. The summed E-state index contributed by atoms with van der Waals surface area (Å²) in [4.78, 5) is 6.66. The molecule has 1 aromatic rings. The van der Waals surface area contributed by atoms with E-state index in [1.165, 1.54) is 5.56 Å². The predicted octanol–water partition coefficient (Wildman–Crippen LogP) is 3.53. The van der Waals surface area contributed by atoms with Crippen molar-refractivity contribution in [1.29, 1.82) is 0 Å². The summed E-state index contributed by atoms with van der Waals surface area (Å²) in [6, 6.07) is 4.25. The molecule has 0 bridgehead atoms. The predicted molar refractivity (Wildman–Crippen MR) is 79.3 cm³/mol. The average Bonchev–Trinajstić information content (AvgIpc) is 2.52. The number of anilines is 1. The molecule has 0 unspecified atom stereocenters. The van der Waals surface area contributed by atoms with Crippen LogP contribution < -0.4 is 4.90 Å². The van der Waals surface area contributed by atoms with Crippen molar-refractivity contribution >= 4 is 5.82 Å². The van der Waals surface area contributed by atoms with Crippen LogP contribution in [0, 0.1) is 0 Å². The Morgan fingerprint density at radius 2 is 1.78 bits per heavy atom. The first-order valence-electron chi connectivity index (χ1n) is 7.18. The summed E-state index contributed by atoms with van der Waals surface area (Å²) in [6.07, 6.45) is 2.96. The molecule has 1 aliphatic rings. The first-order chi connectivity index (χ1) is 8.90. The molecule has 0 saturated carbocycles. The number of aromatic nitrogens is 1. The summed E-state index contributed by atoms with van der Waals surface area (Å²) in [5.41, 5.74) is 1.35. The van der Waals surface area contributed by atoms with Gasteiger partial charge in [0.2, 0.25) is 0 Å². The van der Waals surface area contributed by atoms with E-state index >= 15 is 0 Å². The van der Waals surface area contributed by atoms with Crippen molar-refractivity contribution in [2.24, 2.45) is 0 Å². The van der Waals surface area contributed by atoms with Gasteiger partial charge >= 0.3 is 0 Å². The molecular formula is C15H28N2O. The van der Waals surface area contributed by atoms with E-state index in [2.05, 4.69) is 28.9 Å². The highest BCUT2D eigenvalue weighted by atomic mass is 16.5. The molecule has 3 nitrogen and oxygen atoms in total. The van der Waals surface area contributed by atoms with E-state index in [1.807, 2.05) is 33.9 Å². The van der Waals surface area contributed by atoms with E-state index in [1.54, 1.807) is 0 Å². The van der Waals surface area contributed by atoms with Gasteiger partial charge in [0, 0.05) is 19.3 Å². The van der Waals surface area contributed by atoms with Crippen LogP contribution in [0.25, 0.3) is 0 Å². The molecule has 1 aromatic heterocycles. The van der Waals surface area contributed by atoms with E-state index in [0.29, 0.717) is 0 Å². The number of hydrogen-bond donors (Lipinski definition) is 0. The summed E-state index contributed by atoms with van der Waals surface area (Å²) in [6.45, 7) is 13.7. The summed E-state index contributed by atoms with van der Waals surface area (Å²) >= 11 is 0. The smallest absolute Gasteiger partial charge is 0.128 e. The Morgan fingerprint density at radius 1 is 1.17 bits per heavy atom. The molecule has 1 aliphatic heterocycles. The lowest BCUT2D eigenvalue weighted by atomic mass is 10.2. The Hall–Kier alpha value is -1.09. The lowest BCUT2D eigenvalue weighted by molar-refractivity contribution is 0.122. The number of ether oxygens (including phenoxy) is 1. The van der Waals surface area contributed by atoms with Gasteiger partial charge in [-0.15, -0.1) is 0 Å². The van der Waals surface area contributed by atoms with E-state index in [0.717, 1.165) is 38.5 Å². The maximum absolute atomic E-state index is 5.31. The van der Waals surface area contributed by atoms with Crippen LogP contribution in [-0.2, 0) is 11.2 Å². The van der Waals surface area contributed by atoms with Crippen LogP contribution in [0.2, 0.25) is 0 Å². The van der Waals surface area contributed by atoms with Gasteiger partial charge in [0.25, 0.3) is 0 Å². The van der Waals surface area contributed by atoms with E-state index in [9.17, 15) is 0 Å². The molecule has 0 aliphatic carbocycles. The van der Waals surface area contributed by atoms with E-state index in [4.69, 9.17) is 4.74 Å². The topological polar surface area (TPSA) is 25.4 Å². The Labute approximate surface area is 112 Å². The average molecular weight is 252 g/mol. The number of rotatable bonds is 2. The fourth-order valence-corrected chi connectivity index (χ4v) is 1.65. The van der Waals surface area contributed by atoms with Crippen molar-refractivity contribution in [3.8, 4) is 0 Å². The maximum Gasteiger partial charge on any atom is 0.128 e. The molecule has 0 N–H and O–H groups in total. The molecule has 1 saturated heterocycles. The second-order valence-corrected chi connectivity index (χ2v) is 3.48. The second-order valence-electron chi connectivity index (χ2n) is 3.48. The number of pyridine rings is 1. The van der Waals surface area contributed by atoms with Gasteiger partial charge in [0.15, 0.2) is 0 Å². The highest BCUT2D eigenvalue weighted by Crippen LogP contribution is 2.14. The Bertz CT molecular complexity index is 296. The Morgan fingerprint density at radius 3 is 2.33 bits per heavy atom. The normalized spacial score (nSPS) is 13.9. The molecule has 0 atom stereocenters. The summed E-state index contributed by atoms with van der Waals surface area (Å²) in [5, 5.41) is 0. The van der Waals surface area contributed by atoms with Crippen LogP contribution in [0.4, 0.5) is 5.82 Å². The van der Waals surface area contributed by atoms with Crippen LogP contribution in [0.3, 0.4) is 0 Å². The van der Waals surface area contributed by atoms with E-state index in [-0.39, 0.29) is 0 Å². The monoisotopic (exact) mass is 252 g/mol. The molecule has 0 spiro atoms. The van der Waals surface area contributed by atoms with Crippen LogP contribution in [-0.4, -0.2) is 31.3 Å². The minimum Gasteiger partial charge on any atom is -0.378 e. The molecular weight excluding hydrogens is 224 g/mol. The minimum atomic E-state index is 0.817. The van der Waals surface area contributed by atoms with Gasteiger partial charge in [-0.1, -0.05) is 34.6 Å². The molecule has 2 rings (SSSR count). The van der Waals surface area contributed by atoms with Crippen molar-refractivity contribution in [2.75, 3.05) is 31.2 Å². The van der Waals surface area contributed by atoms with Crippen molar-refractivity contribution in [2.45, 2.75) is 41.0 Å².